The normalized spacial score (nSPS) is 10.3. The fourth-order valence-corrected chi connectivity index (χ4v) is 1.79. The van der Waals surface area contributed by atoms with Crippen molar-refractivity contribution in [3.63, 3.8) is 0 Å². The summed E-state index contributed by atoms with van der Waals surface area (Å²) in [5.41, 5.74) is 8.92. The van der Waals surface area contributed by atoms with Crippen molar-refractivity contribution in [2.45, 2.75) is 13.3 Å². The molecule has 2 aromatic heterocycles. The summed E-state index contributed by atoms with van der Waals surface area (Å²) in [5, 5.41) is 0. The quantitative estimate of drug-likeness (QED) is 0.891. The maximum absolute atomic E-state index is 6.03. The minimum Gasteiger partial charge on any atom is -0.396 e. The third-order valence-electron chi connectivity index (χ3n) is 2.98. The smallest absolute Gasteiger partial charge is 0.151 e. The fraction of sp³-hybridized carbons (Fsp3) is 0.286. The van der Waals surface area contributed by atoms with Crippen LogP contribution in [0, 0.1) is 6.92 Å². The number of pyridine rings is 2. The molecule has 94 valence electrons. The van der Waals surface area contributed by atoms with E-state index in [0.717, 1.165) is 35.7 Å². The minimum absolute atomic E-state index is 0.751. The average molecular weight is 242 g/mol. The molecule has 0 aliphatic rings. The summed E-state index contributed by atoms with van der Waals surface area (Å²) >= 11 is 0. The van der Waals surface area contributed by atoms with Crippen LogP contribution in [0.5, 0.6) is 0 Å². The largest absolute Gasteiger partial charge is 0.396 e. The molecule has 0 radical (unpaired) electrons. The monoisotopic (exact) mass is 242 g/mol. The third-order valence-corrected chi connectivity index (χ3v) is 2.98. The highest BCUT2D eigenvalue weighted by atomic mass is 15.2. The number of aromatic nitrogens is 2. The second kappa shape index (κ2) is 5.49. The van der Waals surface area contributed by atoms with Crippen LogP contribution in [0.1, 0.15) is 11.3 Å². The van der Waals surface area contributed by atoms with E-state index in [2.05, 4.69) is 14.9 Å². The van der Waals surface area contributed by atoms with Crippen molar-refractivity contribution in [3.8, 4) is 0 Å². The van der Waals surface area contributed by atoms with Gasteiger partial charge in [-0.3, -0.25) is 4.98 Å². The standard InChI is InChI=1S/C14H18N4/c1-11-6-9-17-14(13(11)15)18(2)10-7-12-5-3-4-8-16-12/h3-6,8-9H,7,10,15H2,1-2H3. The molecular weight excluding hydrogens is 224 g/mol. The van der Waals surface area contributed by atoms with Crippen molar-refractivity contribution >= 4 is 11.5 Å². The van der Waals surface area contributed by atoms with E-state index in [1.807, 2.05) is 44.4 Å². The van der Waals surface area contributed by atoms with Crippen LogP contribution < -0.4 is 10.6 Å². The molecule has 0 aliphatic heterocycles. The molecule has 0 saturated heterocycles. The Morgan fingerprint density at radius 1 is 1.17 bits per heavy atom. The lowest BCUT2D eigenvalue weighted by atomic mass is 10.2. The molecule has 2 aromatic rings. The van der Waals surface area contributed by atoms with Crippen molar-refractivity contribution < 1.29 is 0 Å². The van der Waals surface area contributed by atoms with Gasteiger partial charge in [0, 0.05) is 38.1 Å². The SMILES string of the molecule is Cc1ccnc(N(C)CCc2ccccn2)c1N. The molecule has 0 aromatic carbocycles. The highest BCUT2D eigenvalue weighted by molar-refractivity contribution is 5.65. The topological polar surface area (TPSA) is 55.0 Å². The summed E-state index contributed by atoms with van der Waals surface area (Å²) < 4.78 is 0. The fourth-order valence-electron chi connectivity index (χ4n) is 1.79. The molecular formula is C14H18N4. The molecule has 4 heteroatoms. The molecule has 0 unspecified atom stereocenters. The first-order valence-electron chi connectivity index (χ1n) is 6.00. The Labute approximate surface area is 107 Å². The number of nitrogens with two attached hydrogens (primary N) is 1. The number of hydrogen-bond donors (Lipinski definition) is 1. The molecule has 0 amide bonds. The molecule has 2 N–H and O–H groups in total. The highest BCUT2D eigenvalue weighted by Gasteiger charge is 2.08. The van der Waals surface area contributed by atoms with Gasteiger partial charge in [-0.15, -0.1) is 0 Å². The molecule has 0 fully saturated rings. The lowest BCUT2D eigenvalue weighted by Gasteiger charge is -2.20. The average Bonchev–Trinajstić information content (AvgIpc) is 2.40. The molecule has 0 saturated carbocycles. The molecule has 4 nitrogen and oxygen atoms in total. The van der Waals surface area contributed by atoms with Crippen molar-refractivity contribution in [2.24, 2.45) is 0 Å². The van der Waals surface area contributed by atoms with Gasteiger partial charge in [0.05, 0.1) is 5.69 Å². The van der Waals surface area contributed by atoms with Gasteiger partial charge >= 0.3 is 0 Å². The summed E-state index contributed by atoms with van der Waals surface area (Å²) in [6, 6.07) is 7.88. The van der Waals surface area contributed by atoms with E-state index in [9.17, 15) is 0 Å². The van der Waals surface area contributed by atoms with Gasteiger partial charge in [-0.05, 0) is 30.7 Å². The Morgan fingerprint density at radius 3 is 2.72 bits per heavy atom. The van der Waals surface area contributed by atoms with Gasteiger partial charge in [-0.25, -0.2) is 4.98 Å². The van der Waals surface area contributed by atoms with E-state index >= 15 is 0 Å². The zero-order valence-corrected chi connectivity index (χ0v) is 10.8. The van der Waals surface area contributed by atoms with Gasteiger partial charge < -0.3 is 10.6 Å². The predicted molar refractivity (Wildman–Crippen MR) is 74.6 cm³/mol. The molecule has 2 heterocycles. The Balaban J connectivity index is 2.04. The lowest BCUT2D eigenvalue weighted by molar-refractivity contribution is 0.840. The van der Waals surface area contributed by atoms with Crippen LogP contribution in [-0.4, -0.2) is 23.6 Å². The zero-order chi connectivity index (χ0) is 13.0. The number of hydrogen-bond acceptors (Lipinski definition) is 4. The Morgan fingerprint density at radius 2 is 2.00 bits per heavy atom. The van der Waals surface area contributed by atoms with E-state index in [4.69, 9.17) is 5.73 Å². The van der Waals surface area contributed by atoms with Crippen molar-refractivity contribution in [1.82, 2.24) is 9.97 Å². The van der Waals surface area contributed by atoms with Gasteiger partial charge in [0.25, 0.3) is 0 Å². The number of nitrogens with zero attached hydrogens (tertiary/aromatic N) is 3. The summed E-state index contributed by atoms with van der Waals surface area (Å²) in [6.07, 6.45) is 4.49. The molecule has 0 atom stereocenters. The van der Waals surface area contributed by atoms with Gasteiger partial charge in [0.15, 0.2) is 5.82 Å². The van der Waals surface area contributed by atoms with Gasteiger partial charge in [-0.2, -0.15) is 0 Å². The van der Waals surface area contributed by atoms with Crippen molar-refractivity contribution in [2.75, 3.05) is 24.2 Å². The summed E-state index contributed by atoms with van der Waals surface area (Å²) in [4.78, 5) is 10.7. The molecule has 0 bridgehead atoms. The highest BCUT2D eigenvalue weighted by Crippen LogP contribution is 2.22. The summed E-state index contributed by atoms with van der Waals surface area (Å²) in [5.74, 6) is 0.839. The van der Waals surface area contributed by atoms with Crippen LogP contribution in [0.2, 0.25) is 0 Å². The first kappa shape index (κ1) is 12.4. The van der Waals surface area contributed by atoms with Gasteiger partial charge in [0.1, 0.15) is 0 Å². The van der Waals surface area contributed by atoms with E-state index in [1.54, 1.807) is 6.20 Å². The predicted octanol–water partition coefficient (Wildman–Crippen LogP) is 2.05. The minimum atomic E-state index is 0.751. The summed E-state index contributed by atoms with van der Waals surface area (Å²) in [6.45, 7) is 2.84. The van der Waals surface area contributed by atoms with Crippen molar-refractivity contribution in [1.29, 1.82) is 0 Å². The van der Waals surface area contributed by atoms with Gasteiger partial charge in [-0.1, -0.05) is 6.07 Å². The Kier molecular flexibility index (Phi) is 3.77. The maximum Gasteiger partial charge on any atom is 0.151 e. The van der Waals surface area contributed by atoms with Gasteiger partial charge in [0.2, 0.25) is 0 Å². The number of anilines is 2. The van der Waals surface area contributed by atoms with E-state index in [1.165, 1.54) is 0 Å². The Bertz CT molecular complexity index is 510. The van der Waals surface area contributed by atoms with Crippen LogP contribution in [0.25, 0.3) is 0 Å². The first-order valence-corrected chi connectivity index (χ1v) is 6.00. The van der Waals surface area contributed by atoms with E-state index < -0.39 is 0 Å². The number of rotatable bonds is 4. The third kappa shape index (κ3) is 2.77. The van der Waals surface area contributed by atoms with Crippen molar-refractivity contribution in [3.05, 3.63) is 47.9 Å². The summed E-state index contributed by atoms with van der Waals surface area (Å²) in [7, 11) is 2.00. The molecule has 0 spiro atoms. The van der Waals surface area contributed by atoms with Crippen LogP contribution in [0.4, 0.5) is 11.5 Å². The molecule has 18 heavy (non-hydrogen) atoms. The second-order valence-electron chi connectivity index (χ2n) is 4.36. The zero-order valence-electron chi connectivity index (χ0n) is 10.8. The molecule has 2 rings (SSSR count). The number of likely N-dealkylation sites (N-methyl/N-ethyl adjacent to an activating group) is 1. The van der Waals surface area contributed by atoms with E-state index in [0.29, 0.717) is 0 Å². The van der Waals surface area contributed by atoms with Crippen LogP contribution >= 0.6 is 0 Å². The number of aryl methyl sites for hydroxylation is 1. The van der Waals surface area contributed by atoms with Crippen LogP contribution in [0.15, 0.2) is 36.7 Å². The molecule has 0 aliphatic carbocycles. The van der Waals surface area contributed by atoms with E-state index in [-0.39, 0.29) is 0 Å². The maximum atomic E-state index is 6.03. The van der Waals surface area contributed by atoms with Crippen LogP contribution in [-0.2, 0) is 6.42 Å². The van der Waals surface area contributed by atoms with Crippen LogP contribution in [0.3, 0.4) is 0 Å². The number of nitrogen functional groups attached to an aromatic ring is 1. The first-order chi connectivity index (χ1) is 8.68. The second-order valence-corrected chi connectivity index (χ2v) is 4.36. The Hall–Kier alpha value is -2.10. The lowest BCUT2D eigenvalue weighted by Crippen LogP contribution is -2.23.